The van der Waals surface area contributed by atoms with Crippen LogP contribution in [-0.4, -0.2) is 89.6 Å². The summed E-state index contributed by atoms with van der Waals surface area (Å²) in [7, 11) is 2.16. The number of benzene rings is 1. The Kier molecular flexibility index (Phi) is 5.70. The van der Waals surface area contributed by atoms with Crippen molar-refractivity contribution in [2.24, 2.45) is 0 Å². The Morgan fingerprint density at radius 1 is 0.875 bits per heavy atom. The number of carbonyl (C=O) groups excluding carboxylic acids is 1. The molecule has 0 bridgehead atoms. The fourth-order valence-corrected chi connectivity index (χ4v) is 4.61. The maximum Gasteiger partial charge on any atom is 0.242 e. The van der Waals surface area contributed by atoms with Crippen LogP contribution in [0.3, 0.4) is 0 Å². The molecule has 4 heterocycles. The van der Waals surface area contributed by atoms with Gasteiger partial charge in [-0.05, 0) is 31.5 Å². The summed E-state index contributed by atoms with van der Waals surface area (Å²) < 4.78 is 2.04. The lowest BCUT2D eigenvalue weighted by molar-refractivity contribution is -0.132. The fourth-order valence-electron chi connectivity index (χ4n) is 4.61. The summed E-state index contributed by atoms with van der Waals surface area (Å²) in [6.07, 6.45) is 2.00. The molecule has 0 radical (unpaired) electrons. The molecule has 2 fully saturated rings. The monoisotopic (exact) mass is 433 g/mol. The van der Waals surface area contributed by atoms with E-state index in [1.54, 1.807) is 0 Å². The Morgan fingerprint density at radius 3 is 2.19 bits per heavy atom. The van der Waals surface area contributed by atoms with Gasteiger partial charge in [0.25, 0.3) is 0 Å². The largest absolute Gasteiger partial charge is 0.354 e. The van der Waals surface area contributed by atoms with Crippen LogP contribution >= 0.6 is 0 Å². The third-order valence-corrected chi connectivity index (χ3v) is 6.58. The zero-order valence-corrected chi connectivity index (χ0v) is 18.9. The highest BCUT2D eigenvalue weighted by atomic mass is 16.2. The minimum absolute atomic E-state index is 0.169. The predicted octanol–water partition coefficient (Wildman–Crippen LogP) is 1.84. The van der Waals surface area contributed by atoms with Gasteiger partial charge in [-0.15, -0.1) is 0 Å². The van der Waals surface area contributed by atoms with Crippen LogP contribution < -0.4 is 9.80 Å². The fraction of sp³-hybridized carbons (Fsp3) is 0.458. The van der Waals surface area contributed by atoms with Gasteiger partial charge in [-0.2, -0.15) is 0 Å². The van der Waals surface area contributed by atoms with E-state index in [-0.39, 0.29) is 5.91 Å². The number of fused-ring (bicyclic) bond motifs is 1. The van der Waals surface area contributed by atoms with Crippen LogP contribution in [0.1, 0.15) is 5.82 Å². The molecule has 5 rings (SSSR count). The molecule has 0 N–H and O–H groups in total. The van der Waals surface area contributed by atoms with E-state index >= 15 is 0 Å². The molecule has 2 saturated heterocycles. The summed E-state index contributed by atoms with van der Waals surface area (Å²) in [6, 6.07) is 12.4. The van der Waals surface area contributed by atoms with Crippen LogP contribution in [0, 0.1) is 6.92 Å². The first kappa shape index (κ1) is 20.8. The highest BCUT2D eigenvalue weighted by molar-refractivity contribution is 5.83. The molecule has 2 aliphatic heterocycles. The van der Waals surface area contributed by atoms with E-state index in [0.29, 0.717) is 19.6 Å². The number of piperazine rings is 2. The first-order chi connectivity index (χ1) is 15.6. The number of amides is 1. The molecule has 2 aromatic heterocycles. The van der Waals surface area contributed by atoms with Gasteiger partial charge in [0.2, 0.25) is 5.91 Å². The summed E-state index contributed by atoms with van der Waals surface area (Å²) in [5.74, 6) is 2.95. The van der Waals surface area contributed by atoms with Gasteiger partial charge >= 0.3 is 0 Å². The zero-order chi connectivity index (χ0) is 22.1. The van der Waals surface area contributed by atoms with Gasteiger partial charge < -0.3 is 24.2 Å². The van der Waals surface area contributed by atoms with Crippen molar-refractivity contribution in [2.75, 3.05) is 69.2 Å². The van der Waals surface area contributed by atoms with E-state index in [0.717, 1.165) is 62.2 Å². The van der Waals surface area contributed by atoms with E-state index < -0.39 is 0 Å². The van der Waals surface area contributed by atoms with Gasteiger partial charge in [-0.25, -0.2) is 9.97 Å². The molecular formula is C24H31N7O. The number of nitrogens with zero attached hydrogens (tertiary/aromatic N) is 7. The first-order valence-electron chi connectivity index (χ1n) is 11.4. The summed E-state index contributed by atoms with van der Waals surface area (Å²) in [5.41, 5.74) is 1.10. The molecule has 3 aromatic rings. The molecule has 1 aromatic carbocycles. The van der Waals surface area contributed by atoms with Crippen molar-refractivity contribution in [2.45, 2.75) is 13.5 Å². The highest BCUT2D eigenvalue weighted by Gasteiger charge is 2.24. The molecule has 0 atom stereocenters. The van der Waals surface area contributed by atoms with Crippen LogP contribution in [-0.2, 0) is 11.3 Å². The number of likely N-dealkylation sites (N-methyl/N-ethyl adjacent to an activating group) is 1. The van der Waals surface area contributed by atoms with Crippen molar-refractivity contribution in [3.8, 4) is 0 Å². The second kappa shape index (κ2) is 8.78. The third-order valence-electron chi connectivity index (χ3n) is 6.58. The Bertz CT molecular complexity index is 1090. The highest BCUT2D eigenvalue weighted by Crippen LogP contribution is 2.22. The SMILES string of the molecule is Cc1nc(N2CCN(C)CC2)cc(N2CCN(C(=O)Cn3ccc4ccccc43)CC2)n1. The quantitative estimate of drug-likeness (QED) is 0.626. The van der Waals surface area contributed by atoms with Gasteiger partial charge in [-0.3, -0.25) is 4.79 Å². The van der Waals surface area contributed by atoms with Crippen LogP contribution in [0.25, 0.3) is 10.9 Å². The second-order valence-electron chi connectivity index (χ2n) is 8.79. The topological polar surface area (TPSA) is 60.7 Å². The standard InChI is InChI=1S/C24H31N7O/c1-19-25-22(28-11-9-27(2)10-12-28)17-23(26-19)29-13-15-30(16-14-29)24(32)18-31-8-7-20-5-3-4-6-21(20)31/h3-8,17H,9-16,18H2,1-2H3. The Labute approximate surface area is 189 Å². The minimum atomic E-state index is 0.169. The van der Waals surface area contributed by atoms with Crippen LogP contribution in [0.2, 0.25) is 0 Å². The molecule has 1 amide bonds. The zero-order valence-electron chi connectivity index (χ0n) is 18.9. The van der Waals surface area contributed by atoms with Crippen molar-refractivity contribution < 1.29 is 4.79 Å². The number of rotatable bonds is 4. The minimum Gasteiger partial charge on any atom is -0.354 e. The van der Waals surface area contributed by atoms with Crippen molar-refractivity contribution in [1.29, 1.82) is 0 Å². The maximum absolute atomic E-state index is 12.9. The Morgan fingerprint density at radius 2 is 1.50 bits per heavy atom. The molecule has 0 saturated carbocycles. The number of carbonyl (C=O) groups is 1. The Hall–Kier alpha value is -3.13. The van der Waals surface area contributed by atoms with Crippen LogP contribution in [0.15, 0.2) is 42.6 Å². The molecule has 0 unspecified atom stereocenters. The normalized spacial score (nSPS) is 17.9. The first-order valence-corrected chi connectivity index (χ1v) is 11.4. The molecule has 168 valence electrons. The summed E-state index contributed by atoms with van der Waals surface area (Å²) in [4.78, 5) is 31.3. The molecule has 0 spiro atoms. The van der Waals surface area contributed by atoms with E-state index in [4.69, 9.17) is 4.98 Å². The number of anilines is 2. The summed E-state index contributed by atoms with van der Waals surface area (Å²) in [6.45, 7) is 9.43. The number of aromatic nitrogens is 3. The van der Waals surface area contributed by atoms with Crippen molar-refractivity contribution >= 4 is 28.4 Å². The van der Waals surface area contributed by atoms with Crippen LogP contribution in [0.5, 0.6) is 0 Å². The van der Waals surface area contributed by atoms with E-state index in [1.165, 1.54) is 5.39 Å². The number of hydrogen-bond donors (Lipinski definition) is 0. The van der Waals surface area contributed by atoms with E-state index in [9.17, 15) is 4.79 Å². The lowest BCUT2D eigenvalue weighted by atomic mass is 10.2. The van der Waals surface area contributed by atoms with E-state index in [2.05, 4.69) is 51.0 Å². The van der Waals surface area contributed by atoms with Crippen molar-refractivity contribution in [3.05, 3.63) is 48.4 Å². The molecule has 8 heteroatoms. The van der Waals surface area contributed by atoms with Crippen molar-refractivity contribution in [1.82, 2.24) is 24.3 Å². The van der Waals surface area contributed by atoms with E-state index in [1.807, 2.05) is 34.7 Å². The molecule has 2 aliphatic rings. The molecule has 0 aliphatic carbocycles. The average molecular weight is 434 g/mol. The maximum atomic E-state index is 12.9. The molecule has 8 nitrogen and oxygen atoms in total. The van der Waals surface area contributed by atoms with Gasteiger partial charge in [0.1, 0.15) is 24.0 Å². The number of para-hydroxylation sites is 1. The third kappa shape index (κ3) is 4.27. The average Bonchev–Trinajstić information content (AvgIpc) is 3.22. The van der Waals surface area contributed by atoms with Gasteiger partial charge in [0.15, 0.2) is 0 Å². The summed E-state index contributed by atoms with van der Waals surface area (Å²) >= 11 is 0. The van der Waals surface area contributed by atoms with Gasteiger partial charge in [0, 0.05) is 70.1 Å². The second-order valence-corrected chi connectivity index (χ2v) is 8.79. The van der Waals surface area contributed by atoms with Crippen LogP contribution in [0.4, 0.5) is 11.6 Å². The predicted molar refractivity (Wildman–Crippen MR) is 127 cm³/mol. The number of aryl methyl sites for hydroxylation is 1. The smallest absolute Gasteiger partial charge is 0.242 e. The van der Waals surface area contributed by atoms with Gasteiger partial charge in [-0.1, -0.05) is 18.2 Å². The summed E-state index contributed by atoms with van der Waals surface area (Å²) in [5, 5.41) is 1.17. The molecular weight excluding hydrogens is 402 g/mol. The number of hydrogen-bond acceptors (Lipinski definition) is 6. The lowest BCUT2D eigenvalue weighted by Crippen LogP contribution is -2.50. The van der Waals surface area contributed by atoms with Crippen molar-refractivity contribution in [3.63, 3.8) is 0 Å². The Balaban J connectivity index is 1.22. The van der Waals surface area contributed by atoms with Gasteiger partial charge in [0.05, 0.1) is 0 Å². The molecule has 32 heavy (non-hydrogen) atoms. The lowest BCUT2D eigenvalue weighted by Gasteiger charge is -2.37.